The quantitative estimate of drug-likeness (QED) is 0.164. The van der Waals surface area contributed by atoms with E-state index < -0.39 is 5.97 Å². The number of hydrogen-bond acceptors (Lipinski definition) is 5. The second-order valence-electron chi connectivity index (χ2n) is 6.76. The van der Waals surface area contributed by atoms with Crippen molar-refractivity contribution in [3.05, 3.63) is 94.7 Å². The highest BCUT2D eigenvalue weighted by atomic mass is 127. The van der Waals surface area contributed by atoms with Crippen molar-refractivity contribution in [3.63, 3.8) is 0 Å². The van der Waals surface area contributed by atoms with Crippen LogP contribution in [0.3, 0.4) is 0 Å². The van der Waals surface area contributed by atoms with Crippen LogP contribution in [0.2, 0.25) is 0 Å². The standard InChI is InChI=1S/C24H16BrI2NO4/c1-30-21-12-14(10-19(27)22(21)31-13-16-4-2-3-5-18(16)25)11-20-24(29)32-23(28-20)15-6-8-17(26)9-7-15/h2-12H,13H2,1H3/b20-11-. The summed E-state index contributed by atoms with van der Waals surface area (Å²) in [4.78, 5) is 16.7. The molecule has 4 rings (SSSR count). The van der Waals surface area contributed by atoms with Crippen molar-refractivity contribution in [1.82, 2.24) is 0 Å². The van der Waals surface area contributed by atoms with E-state index in [2.05, 4.69) is 66.1 Å². The van der Waals surface area contributed by atoms with Gasteiger partial charge in [0, 0.05) is 19.2 Å². The second kappa shape index (κ2) is 10.3. The van der Waals surface area contributed by atoms with Gasteiger partial charge < -0.3 is 14.2 Å². The number of methoxy groups -OCH3 is 1. The van der Waals surface area contributed by atoms with Gasteiger partial charge in [-0.2, -0.15) is 0 Å². The van der Waals surface area contributed by atoms with Crippen LogP contribution in [0.15, 0.2) is 75.8 Å². The van der Waals surface area contributed by atoms with E-state index in [9.17, 15) is 4.79 Å². The van der Waals surface area contributed by atoms with E-state index in [1.165, 1.54) is 0 Å². The SMILES string of the molecule is COc1cc(/C=C2\N=C(c3ccc(I)cc3)OC2=O)cc(I)c1OCc1ccccc1Br. The first-order valence-electron chi connectivity index (χ1n) is 9.47. The number of halogens is 3. The Kier molecular flexibility index (Phi) is 7.51. The molecule has 8 heteroatoms. The van der Waals surface area contributed by atoms with Crippen LogP contribution >= 0.6 is 61.1 Å². The molecule has 3 aromatic carbocycles. The number of esters is 1. The lowest BCUT2D eigenvalue weighted by atomic mass is 10.1. The van der Waals surface area contributed by atoms with Crippen LogP contribution in [0.4, 0.5) is 0 Å². The monoisotopic (exact) mass is 715 g/mol. The second-order valence-corrected chi connectivity index (χ2v) is 10.0. The molecule has 1 aliphatic rings. The van der Waals surface area contributed by atoms with Crippen LogP contribution in [0.1, 0.15) is 16.7 Å². The highest BCUT2D eigenvalue weighted by Crippen LogP contribution is 2.36. The molecule has 0 fully saturated rings. The molecule has 32 heavy (non-hydrogen) atoms. The summed E-state index contributed by atoms with van der Waals surface area (Å²) < 4.78 is 19.9. The molecule has 162 valence electrons. The number of benzene rings is 3. The van der Waals surface area contributed by atoms with Crippen LogP contribution in [0, 0.1) is 7.14 Å². The Labute approximate surface area is 221 Å². The average molecular weight is 716 g/mol. The van der Waals surface area contributed by atoms with Gasteiger partial charge in [-0.3, -0.25) is 0 Å². The number of ether oxygens (including phenoxy) is 3. The van der Waals surface area contributed by atoms with Crippen molar-refractivity contribution in [2.24, 2.45) is 4.99 Å². The van der Waals surface area contributed by atoms with Crippen molar-refractivity contribution in [2.75, 3.05) is 7.11 Å². The third-order valence-electron chi connectivity index (χ3n) is 4.60. The fourth-order valence-corrected chi connectivity index (χ4v) is 4.55. The van der Waals surface area contributed by atoms with Crippen LogP contribution in [-0.4, -0.2) is 19.0 Å². The Hall–Kier alpha value is -1.92. The van der Waals surface area contributed by atoms with Gasteiger partial charge in [0.05, 0.1) is 10.7 Å². The number of rotatable bonds is 6. The molecule has 0 aliphatic carbocycles. The lowest BCUT2D eigenvalue weighted by Gasteiger charge is -2.14. The number of carbonyl (C=O) groups is 1. The largest absolute Gasteiger partial charge is 0.493 e. The summed E-state index contributed by atoms with van der Waals surface area (Å²) in [5.74, 6) is 1.03. The van der Waals surface area contributed by atoms with E-state index in [0.717, 1.165) is 28.3 Å². The molecule has 0 amide bonds. The fraction of sp³-hybridized carbons (Fsp3) is 0.0833. The minimum absolute atomic E-state index is 0.235. The van der Waals surface area contributed by atoms with Crippen molar-refractivity contribution in [2.45, 2.75) is 6.61 Å². The van der Waals surface area contributed by atoms with Crippen molar-refractivity contribution in [3.8, 4) is 11.5 Å². The smallest absolute Gasteiger partial charge is 0.363 e. The van der Waals surface area contributed by atoms with Crippen LogP contribution < -0.4 is 9.47 Å². The zero-order chi connectivity index (χ0) is 22.7. The molecule has 0 radical (unpaired) electrons. The molecule has 0 N–H and O–H groups in total. The minimum Gasteiger partial charge on any atom is -0.493 e. The van der Waals surface area contributed by atoms with E-state index in [1.54, 1.807) is 13.2 Å². The van der Waals surface area contributed by atoms with Gasteiger partial charge in [0.15, 0.2) is 17.2 Å². The lowest BCUT2D eigenvalue weighted by Crippen LogP contribution is -2.05. The first-order valence-corrected chi connectivity index (χ1v) is 12.4. The van der Waals surface area contributed by atoms with Crippen molar-refractivity contribution < 1.29 is 19.0 Å². The first-order chi connectivity index (χ1) is 15.4. The van der Waals surface area contributed by atoms with Gasteiger partial charge >= 0.3 is 5.97 Å². The Balaban J connectivity index is 1.59. The predicted molar refractivity (Wildman–Crippen MR) is 144 cm³/mol. The third kappa shape index (κ3) is 5.34. The van der Waals surface area contributed by atoms with E-state index in [0.29, 0.717) is 24.0 Å². The summed E-state index contributed by atoms with van der Waals surface area (Å²) in [6, 6.07) is 19.3. The zero-order valence-corrected chi connectivity index (χ0v) is 22.7. The normalized spacial score (nSPS) is 14.3. The first kappa shape index (κ1) is 23.2. The van der Waals surface area contributed by atoms with Gasteiger partial charge in [-0.25, -0.2) is 9.79 Å². The topological polar surface area (TPSA) is 57.1 Å². The van der Waals surface area contributed by atoms with E-state index in [-0.39, 0.29) is 5.70 Å². The number of cyclic esters (lactones) is 1. The van der Waals surface area contributed by atoms with Gasteiger partial charge in [0.2, 0.25) is 5.90 Å². The molecule has 0 atom stereocenters. The molecule has 3 aromatic rings. The summed E-state index contributed by atoms with van der Waals surface area (Å²) >= 11 is 7.96. The number of carbonyl (C=O) groups excluding carboxylic acids is 1. The molecule has 0 saturated heterocycles. The summed E-state index contributed by atoms with van der Waals surface area (Å²) in [6.07, 6.45) is 1.68. The molecule has 5 nitrogen and oxygen atoms in total. The fourth-order valence-electron chi connectivity index (χ4n) is 3.01. The highest BCUT2D eigenvalue weighted by molar-refractivity contribution is 14.1. The van der Waals surface area contributed by atoms with Crippen LogP contribution in [0.25, 0.3) is 6.08 Å². The Morgan fingerprint density at radius 1 is 1.09 bits per heavy atom. The minimum atomic E-state index is -0.484. The Bertz CT molecular complexity index is 1240. The third-order valence-corrected chi connectivity index (χ3v) is 6.89. The number of hydrogen-bond donors (Lipinski definition) is 0. The Morgan fingerprint density at radius 2 is 1.84 bits per heavy atom. The molecule has 1 heterocycles. The van der Waals surface area contributed by atoms with Gasteiger partial charge in [-0.05, 0) is 99.3 Å². The van der Waals surface area contributed by atoms with E-state index >= 15 is 0 Å². The van der Waals surface area contributed by atoms with Crippen LogP contribution in [0.5, 0.6) is 11.5 Å². The molecule has 0 unspecified atom stereocenters. The molecule has 1 aliphatic heterocycles. The van der Waals surface area contributed by atoms with Gasteiger partial charge in [-0.1, -0.05) is 34.1 Å². The maximum absolute atomic E-state index is 12.4. The molecule has 0 saturated carbocycles. The van der Waals surface area contributed by atoms with E-state index in [4.69, 9.17) is 14.2 Å². The van der Waals surface area contributed by atoms with Crippen molar-refractivity contribution in [1.29, 1.82) is 0 Å². The zero-order valence-electron chi connectivity index (χ0n) is 16.8. The maximum atomic E-state index is 12.4. The van der Waals surface area contributed by atoms with Gasteiger partial charge in [-0.15, -0.1) is 0 Å². The molecule has 0 spiro atoms. The van der Waals surface area contributed by atoms with Crippen LogP contribution in [-0.2, 0) is 16.1 Å². The average Bonchev–Trinajstić information content (AvgIpc) is 3.14. The van der Waals surface area contributed by atoms with Gasteiger partial charge in [0.25, 0.3) is 0 Å². The molecular weight excluding hydrogens is 700 g/mol. The lowest BCUT2D eigenvalue weighted by molar-refractivity contribution is -0.129. The highest BCUT2D eigenvalue weighted by Gasteiger charge is 2.24. The summed E-state index contributed by atoms with van der Waals surface area (Å²) in [7, 11) is 1.59. The Morgan fingerprint density at radius 3 is 2.56 bits per heavy atom. The molecule has 0 bridgehead atoms. The summed E-state index contributed by atoms with van der Waals surface area (Å²) in [5, 5.41) is 0. The van der Waals surface area contributed by atoms with Crippen molar-refractivity contribution >= 4 is 79.1 Å². The predicted octanol–water partition coefficient (Wildman–Crippen LogP) is 6.59. The number of aliphatic imine (C=N–C) groups is 1. The molecular formula is C24H16BrI2NO4. The van der Waals surface area contributed by atoms with E-state index in [1.807, 2.05) is 60.7 Å². The maximum Gasteiger partial charge on any atom is 0.363 e. The number of nitrogens with zero attached hydrogens (tertiary/aromatic N) is 1. The van der Waals surface area contributed by atoms with Gasteiger partial charge in [0.1, 0.15) is 6.61 Å². The summed E-state index contributed by atoms with van der Waals surface area (Å²) in [5.41, 5.74) is 2.78. The molecule has 0 aromatic heterocycles. The summed E-state index contributed by atoms with van der Waals surface area (Å²) in [6.45, 7) is 0.393.